The Bertz CT molecular complexity index is 409. The average Bonchev–Trinajstić information content (AvgIpc) is 2.54. The molecule has 0 radical (unpaired) electrons. The van der Waals surface area contributed by atoms with E-state index < -0.39 is 0 Å². The van der Waals surface area contributed by atoms with Crippen molar-refractivity contribution in [2.75, 3.05) is 20.3 Å². The second-order valence-electron chi connectivity index (χ2n) is 3.86. The van der Waals surface area contributed by atoms with Gasteiger partial charge >= 0.3 is 0 Å². The molecule has 0 saturated heterocycles. The van der Waals surface area contributed by atoms with Crippen LogP contribution in [-0.4, -0.2) is 20.3 Å². The molecule has 1 aliphatic rings. The monoisotopic (exact) mass is 257 g/mol. The summed E-state index contributed by atoms with van der Waals surface area (Å²) in [7, 11) is 1.58. The van der Waals surface area contributed by atoms with Crippen molar-refractivity contribution >= 4 is 11.6 Å². The number of ether oxygens (including phenoxy) is 2. The maximum atomic E-state index is 6.22. The quantitative estimate of drug-likeness (QED) is 0.845. The van der Waals surface area contributed by atoms with Crippen molar-refractivity contribution in [3.05, 3.63) is 22.2 Å². The molecule has 1 aromatic carbocycles. The number of hydroxylamine groups is 1. The van der Waals surface area contributed by atoms with E-state index in [1.165, 1.54) is 0 Å². The maximum Gasteiger partial charge on any atom is 0.164 e. The summed E-state index contributed by atoms with van der Waals surface area (Å²) < 4.78 is 11.3. The van der Waals surface area contributed by atoms with Crippen LogP contribution in [-0.2, 0) is 11.4 Å². The van der Waals surface area contributed by atoms with Crippen molar-refractivity contribution in [2.24, 2.45) is 0 Å². The van der Waals surface area contributed by atoms with E-state index in [2.05, 4.69) is 5.48 Å². The van der Waals surface area contributed by atoms with Crippen LogP contribution in [0.25, 0.3) is 0 Å². The van der Waals surface area contributed by atoms with Crippen molar-refractivity contribution in [2.45, 2.75) is 19.9 Å². The largest absolute Gasteiger partial charge is 0.489 e. The van der Waals surface area contributed by atoms with Gasteiger partial charge in [-0.1, -0.05) is 11.6 Å². The predicted molar refractivity (Wildman–Crippen MR) is 65.6 cm³/mol. The summed E-state index contributed by atoms with van der Waals surface area (Å²) in [6, 6.07) is 1.81. The van der Waals surface area contributed by atoms with Gasteiger partial charge in [-0.2, -0.15) is 5.48 Å². The molecule has 0 saturated carbocycles. The molecule has 0 unspecified atom stereocenters. The second kappa shape index (κ2) is 5.58. The van der Waals surface area contributed by atoms with E-state index in [-0.39, 0.29) is 0 Å². The minimum atomic E-state index is 0.539. The fourth-order valence-electron chi connectivity index (χ4n) is 1.83. The van der Waals surface area contributed by atoms with Gasteiger partial charge in [-0.05, 0) is 12.5 Å². The first-order valence-corrected chi connectivity index (χ1v) is 5.95. The summed E-state index contributed by atoms with van der Waals surface area (Å²) in [5, 5.41) is 0.663. The van der Waals surface area contributed by atoms with Crippen molar-refractivity contribution in [3.63, 3.8) is 0 Å². The SMILES string of the molecule is CONCc1c(Cl)cc2c(c1C)OCCCO2. The Morgan fingerprint density at radius 2 is 2.18 bits per heavy atom. The Kier molecular flexibility index (Phi) is 4.10. The van der Waals surface area contributed by atoms with Crippen molar-refractivity contribution in [1.82, 2.24) is 5.48 Å². The van der Waals surface area contributed by atoms with Crippen molar-refractivity contribution in [1.29, 1.82) is 0 Å². The fraction of sp³-hybridized carbons (Fsp3) is 0.500. The Labute approximate surface area is 106 Å². The zero-order valence-electron chi connectivity index (χ0n) is 10.0. The lowest BCUT2D eigenvalue weighted by molar-refractivity contribution is 0.0865. The van der Waals surface area contributed by atoms with Crippen LogP contribution in [0.3, 0.4) is 0 Å². The number of hydrogen-bond donors (Lipinski definition) is 1. The molecule has 0 spiro atoms. The lowest BCUT2D eigenvalue weighted by Gasteiger charge is -2.15. The van der Waals surface area contributed by atoms with E-state index in [0.717, 1.165) is 29.0 Å². The number of hydrogen-bond acceptors (Lipinski definition) is 4. The third kappa shape index (κ3) is 2.65. The second-order valence-corrected chi connectivity index (χ2v) is 4.27. The number of fused-ring (bicyclic) bond motifs is 1. The smallest absolute Gasteiger partial charge is 0.164 e. The summed E-state index contributed by atoms with van der Waals surface area (Å²) >= 11 is 6.22. The van der Waals surface area contributed by atoms with Gasteiger partial charge in [-0.3, -0.25) is 0 Å². The molecule has 0 atom stereocenters. The van der Waals surface area contributed by atoms with Crippen LogP contribution in [0.4, 0.5) is 0 Å². The van der Waals surface area contributed by atoms with Gasteiger partial charge in [0.1, 0.15) is 0 Å². The molecule has 0 fully saturated rings. The summed E-state index contributed by atoms with van der Waals surface area (Å²) in [5.74, 6) is 1.52. The van der Waals surface area contributed by atoms with Crippen molar-refractivity contribution < 1.29 is 14.3 Å². The zero-order valence-corrected chi connectivity index (χ0v) is 10.8. The molecule has 0 aliphatic carbocycles. The van der Waals surface area contributed by atoms with E-state index >= 15 is 0 Å². The van der Waals surface area contributed by atoms with E-state index in [1.807, 2.05) is 13.0 Å². The number of rotatable bonds is 3. The van der Waals surface area contributed by atoms with Gasteiger partial charge in [-0.25, -0.2) is 0 Å². The lowest BCUT2D eigenvalue weighted by Crippen LogP contribution is -2.13. The Morgan fingerprint density at radius 3 is 2.94 bits per heavy atom. The lowest BCUT2D eigenvalue weighted by atomic mass is 10.1. The first kappa shape index (κ1) is 12.5. The fourth-order valence-corrected chi connectivity index (χ4v) is 2.14. The molecule has 1 aliphatic heterocycles. The van der Waals surface area contributed by atoms with E-state index in [1.54, 1.807) is 7.11 Å². The van der Waals surface area contributed by atoms with Crippen molar-refractivity contribution in [3.8, 4) is 11.5 Å². The first-order valence-electron chi connectivity index (χ1n) is 5.57. The Morgan fingerprint density at radius 1 is 1.41 bits per heavy atom. The molecule has 2 rings (SSSR count). The van der Waals surface area contributed by atoms with Crippen LogP contribution in [0.15, 0.2) is 6.07 Å². The molecule has 1 heterocycles. The highest BCUT2D eigenvalue weighted by atomic mass is 35.5. The summed E-state index contributed by atoms with van der Waals surface area (Å²) in [6.45, 7) is 3.86. The minimum absolute atomic E-state index is 0.539. The van der Waals surface area contributed by atoms with Gasteiger partial charge < -0.3 is 14.3 Å². The molecule has 5 heteroatoms. The summed E-state index contributed by atoms with van der Waals surface area (Å²) in [5.41, 5.74) is 4.76. The Hall–Kier alpha value is -0.970. The van der Waals surface area contributed by atoms with E-state index in [4.69, 9.17) is 25.9 Å². The van der Waals surface area contributed by atoms with Crippen LogP contribution >= 0.6 is 11.6 Å². The molecular weight excluding hydrogens is 242 g/mol. The van der Waals surface area contributed by atoms with Crippen LogP contribution in [0, 0.1) is 6.92 Å². The van der Waals surface area contributed by atoms with Gasteiger partial charge in [-0.15, -0.1) is 0 Å². The third-order valence-corrected chi connectivity index (χ3v) is 3.09. The minimum Gasteiger partial charge on any atom is -0.489 e. The molecule has 4 nitrogen and oxygen atoms in total. The molecule has 0 bridgehead atoms. The normalized spacial score (nSPS) is 14.5. The van der Waals surface area contributed by atoms with Crippen LogP contribution in [0.1, 0.15) is 17.5 Å². The molecule has 94 valence electrons. The van der Waals surface area contributed by atoms with E-state index in [0.29, 0.717) is 24.8 Å². The molecular formula is C12H16ClNO3. The van der Waals surface area contributed by atoms with Gasteiger partial charge in [0, 0.05) is 29.6 Å². The molecule has 17 heavy (non-hydrogen) atoms. The van der Waals surface area contributed by atoms with Gasteiger partial charge in [0.15, 0.2) is 11.5 Å². The van der Waals surface area contributed by atoms with Crippen LogP contribution in [0.5, 0.6) is 11.5 Å². The molecule has 0 aromatic heterocycles. The van der Waals surface area contributed by atoms with Crippen LogP contribution < -0.4 is 15.0 Å². The number of nitrogens with one attached hydrogen (secondary N) is 1. The molecule has 1 aromatic rings. The number of halogens is 1. The molecule has 0 amide bonds. The van der Waals surface area contributed by atoms with Crippen LogP contribution in [0.2, 0.25) is 5.02 Å². The maximum absolute atomic E-state index is 6.22. The first-order chi connectivity index (χ1) is 8.24. The van der Waals surface area contributed by atoms with Gasteiger partial charge in [0.25, 0.3) is 0 Å². The molecule has 1 N–H and O–H groups in total. The van der Waals surface area contributed by atoms with E-state index in [9.17, 15) is 0 Å². The van der Waals surface area contributed by atoms with Gasteiger partial charge in [0.2, 0.25) is 0 Å². The van der Waals surface area contributed by atoms with Gasteiger partial charge in [0.05, 0.1) is 20.3 Å². The highest BCUT2D eigenvalue weighted by Crippen LogP contribution is 2.39. The topological polar surface area (TPSA) is 39.7 Å². The Balaban J connectivity index is 2.37. The predicted octanol–water partition coefficient (Wildman–Crippen LogP) is 2.46. The summed E-state index contributed by atoms with van der Waals surface area (Å²) in [4.78, 5) is 4.84. The standard InChI is InChI=1S/C12H16ClNO3/c1-8-9(7-14-15-2)10(13)6-11-12(8)17-5-3-4-16-11/h6,14H,3-5,7H2,1-2H3. The average molecular weight is 258 g/mol. The highest BCUT2D eigenvalue weighted by Gasteiger charge is 2.18. The third-order valence-electron chi connectivity index (χ3n) is 2.75. The zero-order chi connectivity index (χ0) is 12.3. The number of benzene rings is 1. The highest BCUT2D eigenvalue weighted by molar-refractivity contribution is 6.31. The summed E-state index contributed by atoms with van der Waals surface area (Å²) in [6.07, 6.45) is 0.886.